The number of fused-ring (bicyclic) bond motifs is 1. The summed E-state index contributed by atoms with van der Waals surface area (Å²) < 4.78 is 47.2. The number of hydrogen-bond acceptors (Lipinski definition) is 5. The van der Waals surface area contributed by atoms with Gasteiger partial charge in [-0.15, -0.1) is 0 Å². The van der Waals surface area contributed by atoms with Gasteiger partial charge in [0.15, 0.2) is 6.10 Å². The molecule has 3 rings (SSSR count). The summed E-state index contributed by atoms with van der Waals surface area (Å²) in [6, 6.07) is 3.95. The maximum atomic E-state index is 13.2. The zero-order valence-electron chi connectivity index (χ0n) is 18.4. The number of rotatable bonds is 5. The second-order valence-electron chi connectivity index (χ2n) is 8.99. The molecule has 1 saturated heterocycles. The first kappa shape index (κ1) is 24.3. The number of alkyl halides is 3. The molecule has 178 valence electrons. The molecule has 1 aliphatic heterocycles. The summed E-state index contributed by atoms with van der Waals surface area (Å²) in [5, 5.41) is 12.1. The van der Waals surface area contributed by atoms with Crippen molar-refractivity contribution in [3.63, 3.8) is 0 Å². The van der Waals surface area contributed by atoms with Crippen molar-refractivity contribution in [3.05, 3.63) is 34.7 Å². The summed E-state index contributed by atoms with van der Waals surface area (Å²) in [6.07, 6.45) is -7.71. The van der Waals surface area contributed by atoms with E-state index in [9.17, 15) is 27.9 Å². The average Bonchev–Trinajstić information content (AvgIpc) is 3.00. The molecule has 1 fully saturated rings. The van der Waals surface area contributed by atoms with E-state index in [1.165, 1.54) is 25.3 Å². The zero-order valence-corrected chi connectivity index (χ0v) is 18.4. The first-order valence-corrected chi connectivity index (χ1v) is 10.5. The number of imidazole rings is 1. The summed E-state index contributed by atoms with van der Waals surface area (Å²) in [5.74, 6) is 0. The van der Waals surface area contributed by atoms with Crippen LogP contribution in [0.3, 0.4) is 0 Å². The number of aromatic nitrogens is 2. The smallest absolute Gasteiger partial charge is 0.382 e. The highest BCUT2D eigenvalue weighted by Crippen LogP contribution is 2.31. The molecule has 1 aliphatic rings. The van der Waals surface area contributed by atoms with Gasteiger partial charge in [-0.1, -0.05) is 32.9 Å². The molecule has 0 spiro atoms. The number of halogens is 3. The lowest BCUT2D eigenvalue weighted by molar-refractivity contribution is -0.218. The number of para-hydroxylation sites is 2. The third-order valence-electron chi connectivity index (χ3n) is 5.65. The van der Waals surface area contributed by atoms with Gasteiger partial charge in [-0.2, -0.15) is 13.2 Å². The Labute approximate surface area is 183 Å². The van der Waals surface area contributed by atoms with Crippen LogP contribution in [-0.4, -0.2) is 76.3 Å². The summed E-state index contributed by atoms with van der Waals surface area (Å²) in [5.41, 5.74) is -0.982. The van der Waals surface area contributed by atoms with E-state index in [-0.39, 0.29) is 5.52 Å². The van der Waals surface area contributed by atoms with Crippen LogP contribution in [0.2, 0.25) is 0 Å². The summed E-state index contributed by atoms with van der Waals surface area (Å²) in [4.78, 5) is 28.3. The Morgan fingerprint density at radius 1 is 1.12 bits per heavy atom. The molecule has 8 nitrogen and oxygen atoms in total. The zero-order chi connectivity index (χ0) is 23.7. The van der Waals surface area contributed by atoms with Crippen molar-refractivity contribution < 1.29 is 27.8 Å². The van der Waals surface area contributed by atoms with Crippen LogP contribution in [-0.2, 0) is 11.3 Å². The third-order valence-corrected chi connectivity index (χ3v) is 5.65. The lowest BCUT2D eigenvalue weighted by atomic mass is 9.83. The summed E-state index contributed by atoms with van der Waals surface area (Å²) >= 11 is 0. The minimum Gasteiger partial charge on any atom is -0.382 e. The quantitative estimate of drug-likeness (QED) is 0.716. The monoisotopic (exact) mass is 458 g/mol. The topological polar surface area (TPSA) is 88.7 Å². The molecule has 1 aromatic carbocycles. The van der Waals surface area contributed by atoms with E-state index in [1.54, 1.807) is 24.3 Å². The van der Waals surface area contributed by atoms with Crippen molar-refractivity contribution in [2.75, 3.05) is 32.8 Å². The van der Waals surface area contributed by atoms with Crippen molar-refractivity contribution in [1.82, 2.24) is 19.4 Å². The highest BCUT2D eigenvalue weighted by atomic mass is 19.4. The van der Waals surface area contributed by atoms with Crippen LogP contribution in [0.5, 0.6) is 0 Å². The fraction of sp³-hybridized carbons (Fsp3) is 0.619. The first-order valence-electron chi connectivity index (χ1n) is 10.5. The highest BCUT2D eigenvalue weighted by molar-refractivity contribution is 5.89. The molecule has 1 unspecified atom stereocenters. The molecule has 32 heavy (non-hydrogen) atoms. The van der Waals surface area contributed by atoms with Crippen molar-refractivity contribution >= 4 is 17.1 Å². The maximum absolute atomic E-state index is 13.2. The van der Waals surface area contributed by atoms with Crippen LogP contribution in [0.25, 0.3) is 11.0 Å². The molecular formula is C21H29F3N4O4. The fourth-order valence-electron chi connectivity index (χ4n) is 3.84. The Morgan fingerprint density at radius 2 is 1.72 bits per heavy atom. The van der Waals surface area contributed by atoms with E-state index in [0.29, 0.717) is 31.8 Å². The number of aliphatic hydroxyl groups is 1. The fourth-order valence-corrected chi connectivity index (χ4v) is 3.84. The van der Waals surface area contributed by atoms with Crippen LogP contribution in [0.1, 0.15) is 20.8 Å². The molecule has 2 atom stereocenters. The standard InChI is InChI=1S/C21H29F3N4O4/c1-20(2,3)16(17(29)21(22,23)24)25-18(30)28-15-7-5-4-6-14(15)27(19(28)31)9-8-26-10-12-32-13-11-26/h4-7,16-17,29H,8-13H2,1-3H3,(H,25,30)/t16-,17?/m1/s1. The van der Waals surface area contributed by atoms with Gasteiger partial charge in [0.05, 0.1) is 30.3 Å². The lowest BCUT2D eigenvalue weighted by Gasteiger charge is -2.35. The van der Waals surface area contributed by atoms with E-state index < -0.39 is 35.5 Å². The number of morpholine rings is 1. The number of nitrogens with zero attached hydrogens (tertiary/aromatic N) is 3. The van der Waals surface area contributed by atoms with E-state index in [0.717, 1.165) is 17.7 Å². The number of hydrogen-bond donors (Lipinski definition) is 2. The summed E-state index contributed by atoms with van der Waals surface area (Å²) in [7, 11) is 0. The van der Waals surface area contributed by atoms with Crippen molar-refractivity contribution in [3.8, 4) is 0 Å². The SMILES string of the molecule is CC(C)(C)[C@H](NC(=O)n1c(=O)n(CCN2CCOCC2)c2ccccc21)C(O)C(F)(F)F. The minimum absolute atomic E-state index is 0.283. The number of carbonyl (C=O) groups excluding carboxylic acids is 1. The Morgan fingerprint density at radius 3 is 2.28 bits per heavy atom. The van der Waals surface area contributed by atoms with Crippen LogP contribution in [0.15, 0.2) is 29.1 Å². The number of nitrogens with one attached hydrogen (secondary N) is 1. The van der Waals surface area contributed by atoms with Crippen molar-refractivity contribution in [2.45, 2.75) is 45.6 Å². The largest absolute Gasteiger partial charge is 0.416 e. The van der Waals surface area contributed by atoms with Gasteiger partial charge in [-0.25, -0.2) is 14.2 Å². The summed E-state index contributed by atoms with van der Waals surface area (Å²) in [6.45, 7) is 7.98. The van der Waals surface area contributed by atoms with Gasteiger partial charge in [0.1, 0.15) is 0 Å². The predicted molar refractivity (Wildman–Crippen MR) is 113 cm³/mol. The van der Waals surface area contributed by atoms with Gasteiger partial charge in [-0.05, 0) is 17.5 Å². The van der Waals surface area contributed by atoms with Gasteiger partial charge >= 0.3 is 17.9 Å². The number of carbonyl (C=O) groups is 1. The second-order valence-corrected chi connectivity index (χ2v) is 8.99. The Bertz CT molecular complexity index is 1000. The molecule has 11 heteroatoms. The Balaban J connectivity index is 1.92. The van der Waals surface area contributed by atoms with Crippen molar-refractivity contribution in [2.24, 2.45) is 5.41 Å². The molecule has 0 radical (unpaired) electrons. The number of amides is 1. The van der Waals surface area contributed by atoms with Crippen LogP contribution in [0, 0.1) is 5.41 Å². The van der Waals surface area contributed by atoms with Gasteiger partial charge in [0.2, 0.25) is 0 Å². The third kappa shape index (κ3) is 5.16. The number of benzene rings is 1. The van der Waals surface area contributed by atoms with Crippen LogP contribution >= 0.6 is 0 Å². The number of ether oxygens (including phenoxy) is 1. The molecular weight excluding hydrogens is 429 g/mol. The molecule has 0 aliphatic carbocycles. The predicted octanol–water partition coefficient (Wildman–Crippen LogP) is 2.03. The van der Waals surface area contributed by atoms with E-state index in [2.05, 4.69) is 10.2 Å². The van der Waals surface area contributed by atoms with Gasteiger partial charge in [-0.3, -0.25) is 9.47 Å². The van der Waals surface area contributed by atoms with E-state index >= 15 is 0 Å². The van der Waals surface area contributed by atoms with E-state index in [1.807, 2.05) is 0 Å². The molecule has 0 bridgehead atoms. The molecule has 2 N–H and O–H groups in total. The molecule has 2 aromatic rings. The second kappa shape index (κ2) is 9.24. The molecule has 1 amide bonds. The minimum atomic E-state index is -4.93. The van der Waals surface area contributed by atoms with Gasteiger partial charge in [0, 0.05) is 26.2 Å². The highest BCUT2D eigenvalue weighted by Gasteiger charge is 2.48. The Hall–Kier alpha value is -2.37. The average molecular weight is 458 g/mol. The van der Waals surface area contributed by atoms with Crippen molar-refractivity contribution in [1.29, 1.82) is 0 Å². The molecule has 2 heterocycles. The molecule has 0 saturated carbocycles. The Kier molecular flexibility index (Phi) is 7.01. The number of aliphatic hydroxyl groups excluding tert-OH is 1. The lowest BCUT2D eigenvalue weighted by Crippen LogP contribution is -2.57. The maximum Gasteiger partial charge on any atom is 0.416 e. The van der Waals surface area contributed by atoms with Gasteiger partial charge < -0.3 is 15.2 Å². The first-order chi connectivity index (χ1) is 14.9. The van der Waals surface area contributed by atoms with Crippen LogP contribution < -0.4 is 11.0 Å². The molecule has 1 aromatic heterocycles. The van der Waals surface area contributed by atoms with Gasteiger partial charge in [0.25, 0.3) is 0 Å². The normalized spacial score (nSPS) is 18.0. The van der Waals surface area contributed by atoms with Crippen LogP contribution in [0.4, 0.5) is 18.0 Å². The van der Waals surface area contributed by atoms with E-state index in [4.69, 9.17) is 4.74 Å².